The lowest BCUT2D eigenvalue weighted by Crippen LogP contribution is -2.13. The molecule has 4 aliphatic rings. The van der Waals surface area contributed by atoms with Crippen LogP contribution in [0.2, 0.25) is 0 Å². The topological polar surface area (TPSA) is 24.9 Å². The summed E-state index contributed by atoms with van der Waals surface area (Å²) in [5, 5.41) is 0. The van der Waals surface area contributed by atoms with Crippen molar-refractivity contribution in [2.45, 2.75) is 50.1 Å². The molecule has 2 fully saturated rings. The summed E-state index contributed by atoms with van der Waals surface area (Å²) in [4.78, 5) is 4.71. The van der Waals surface area contributed by atoms with E-state index in [1.54, 1.807) is 0 Å². The molecular weight excluding hydrogens is 820 g/mol. The average molecular weight is 859 g/mol. The second-order valence-electron chi connectivity index (χ2n) is 15.3. The number of benzene rings is 7. The van der Waals surface area contributed by atoms with E-state index in [1.165, 1.54) is 44.5 Å². The number of anilines is 6. The van der Waals surface area contributed by atoms with E-state index >= 15 is 0 Å². The minimum atomic E-state index is 0.229. The number of halogens is 2. The summed E-state index contributed by atoms with van der Waals surface area (Å²) >= 11 is 7.35. The molecule has 0 radical (unpaired) electrons. The third-order valence-corrected chi connectivity index (χ3v) is 13.0. The molecule has 274 valence electrons. The van der Waals surface area contributed by atoms with Gasteiger partial charge in [-0.25, -0.2) is 0 Å². The van der Waals surface area contributed by atoms with Gasteiger partial charge in [-0.3, -0.25) is 0 Å². The molecule has 0 aliphatic carbocycles. The SMILES string of the molecule is Brc1ccc(N(c2cccc(-c3ccc4c(c3)C3CCC4O3)c2)c2cccc(N(c3ccc(Br)cc3)c3cccc(-c4ccc5c(c4)C4CCC5O4)c3)c2)cc1. The van der Waals surface area contributed by atoms with Crippen LogP contribution in [0.1, 0.15) is 72.4 Å². The van der Waals surface area contributed by atoms with Gasteiger partial charge in [0.05, 0.1) is 24.4 Å². The number of hydrogen-bond donors (Lipinski definition) is 0. The number of fused-ring (bicyclic) bond motifs is 10. The molecule has 4 nitrogen and oxygen atoms in total. The van der Waals surface area contributed by atoms with Crippen LogP contribution in [-0.4, -0.2) is 0 Å². The molecule has 11 rings (SSSR count). The van der Waals surface area contributed by atoms with Gasteiger partial charge in [-0.15, -0.1) is 0 Å². The van der Waals surface area contributed by atoms with Gasteiger partial charge in [-0.2, -0.15) is 0 Å². The first-order chi connectivity index (χ1) is 27.5. The third-order valence-electron chi connectivity index (χ3n) is 12.0. The highest BCUT2D eigenvalue weighted by Gasteiger charge is 2.39. The Morgan fingerprint density at radius 1 is 0.339 bits per heavy atom. The number of hydrogen-bond acceptors (Lipinski definition) is 4. The van der Waals surface area contributed by atoms with Crippen LogP contribution >= 0.6 is 31.9 Å². The smallest absolute Gasteiger partial charge is 0.0838 e. The Hall–Kier alpha value is -4.98. The Balaban J connectivity index is 1.00. The molecule has 0 amide bonds. The van der Waals surface area contributed by atoms with E-state index in [0.717, 1.165) is 68.8 Å². The molecule has 4 unspecified atom stereocenters. The Morgan fingerprint density at radius 3 is 1.12 bits per heavy atom. The fourth-order valence-corrected chi connectivity index (χ4v) is 9.87. The fourth-order valence-electron chi connectivity index (χ4n) is 9.34. The lowest BCUT2D eigenvalue weighted by atomic mass is 9.89. The Morgan fingerprint density at radius 2 is 0.696 bits per heavy atom. The van der Waals surface area contributed by atoms with Crippen LogP contribution < -0.4 is 9.80 Å². The molecule has 0 aromatic heterocycles. The molecule has 0 N–H and O–H groups in total. The van der Waals surface area contributed by atoms with Gasteiger partial charge in [-0.1, -0.05) is 86.5 Å². The third kappa shape index (κ3) is 6.02. The monoisotopic (exact) mass is 856 g/mol. The maximum atomic E-state index is 6.25. The van der Waals surface area contributed by atoms with E-state index in [-0.39, 0.29) is 24.4 Å². The number of rotatable bonds is 8. The Labute approximate surface area is 344 Å². The zero-order valence-electron chi connectivity index (χ0n) is 30.6. The predicted molar refractivity (Wildman–Crippen MR) is 234 cm³/mol. The molecule has 0 spiro atoms. The van der Waals surface area contributed by atoms with E-state index in [9.17, 15) is 0 Å². The highest BCUT2D eigenvalue weighted by molar-refractivity contribution is 9.10. The van der Waals surface area contributed by atoms with Crippen LogP contribution in [0.25, 0.3) is 22.3 Å². The first kappa shape index (κ1) is 34.3. The molecule has 0 saturated carbocycles. The summed E-state index contributed by atoms with van der Waals surface area (Å²) in [5.41, 5.74) is 16.7. The van der Waals surface area contributed by atoms with Crippen LogP contribution in [0.3, 0.4) is 0 Å². The highest BCUT2D eigenvalue weighted by atomic mass is 79.9. The van der Waals surface area contributed by atoms with Crippen molar-refractivity contribution in [3.8, 4) is 22.3 Å². The van der Waals surface area contributed by atoms with Crippen LogP contribution in [0.15, 0.2) is 167 Å². The van der Waals surface area contributed by atoms with Crippen molar-refractivity contribution in [1.29, 1.82) is 0 Å². The van der Waals surface area contributed by atoms with Gasteiger partial charge in [0.25, 0.3) is 0 Å². The van der Waals surface area contributed by atoms with Crippen molar-refractivity contribution >= 4 is 66.0 Å². The van der Waals surface area contributed by atoms with Crippen LogP contribution in [-0.2, 0) is 9.47 Å². The van der Waals surface area contributed by atoms with Crippen LogP contribution in [0, 0.1) is 0 Å². The van der Waals surface area contributed by atoms with Gasteiger partial charge >= 0.3 is 0 Å². The summed E-state index contributed by atoms with van der Waals surface area (Å²) < 4.78 is 14.6. The maximum absolute atomic E-state index is 6.25. The van der Waals surface area contributed by atoms with Gasteiger partial charge in [-0.05, 0) is 173 Å². The lowest BCUT2D eigenvalue weighted by Gasteiger charge is -2.30. The van der Waals surface area contributed by atoms with E-state index < -0.39 is 0 Å². The average Bonchev–Trinajstić information content (AvgIpc) is 4.06. The summed E-state index contributed by atoms with van der Waals surface area (Å²) in [7, 11) is 0. The van der Waals surface area contributed by atoms with E-state index in [0.29, 0.717) is 0 Å². The minimum Gasteiger partial charge on any atom is -0.366 e. The minimum absolute atomic E-state index is 0.229. The second-order valence-corrected chi connectivity index (χ2v) is 17.1. The summed E-state index contributed by atoms with van der Waals surface area (Å²) in [6.45, 7) is 0. The zero-order chi connectivity index (χ0) is 37.3. The second kappa shape index (κ2) is 13.9. The molecular formula is C50H38Br2N2O2. The summed E-state index contributed by atoms with van der Waals surface area (Å²) in [6.07, 6.45) is 5.47. The van der Waals surface area contributed by atoms with E-state index in [4.69, 9.17) is 9.47 Å². The summed E-state index contributed by atoms with van der Waals surface area (Å²) in [6, 6.07) is 57.7. The molecule has 4 aliphatic heterocycles. The lowest BCUT2D eigenvalue weighted by molar-refractivity contribution is 0.0715. The Bertz CT molecular complexity index is 2450. The van der Waals surface area contributed by atoms with Crippen molar-refractivity contribution in [2.24, 2.45) is 0 Å². The van der Waals surface area contributed by atoms with Gasteiger partial charge in [0.2, 0.25) is 0 Å². The molecule has 4 heterocycles. The summed E-state index contributed by atoms with van der Waals surface area (Å²) in [5.74, 6) is 0. The number of ether oxygens (including phenoxy) is 2. The maximum Gasteiger partial charge on any atom is 0.0838 e. The first-order valence-electron chi connectivity index (χ1n) is 19.5. The van der Waals surface area contributed by atoms with Crippen LogP contribution in [0.4, 0.5) is 34.1 Å². The molecule has 7 aromatic carbocycles. The molecule has 56 heavy (non-hydrogen) atoms. The molecule has 6 heteroatoms. The normalized spacial score (nSPS) is 19.9. The first-order valence-corrected chi connectivity index (χ1v) is 21.1. The van der Waals surface area contributed by atoms with Gasteiger partial charge in [0.1, 0.15) is 0 Å². The van der Waals surface area contributed by atoms with Crippen molar-refractivity contribution < 1.29 is 9.47 Å². The quantitative estimate of drug-likeness (QED) is 0.152. The van der Waals surface area contributed by atoms with Gasteiger partial charge in [0.15, 0.2) is 0 Å². The van der Waals surface area contributed by atoms with Gasteiger partial charge in [0, 0.05) is 43.1 Å². The highest BCUT2D eigenvalue weighted by Crippen LogP contribution is 2.53. The van der Waals surface area contributed by atoms with Crippen molar-refractivity contribution in [3.05, 3.63) is 189 Å². The molecule has 4 bridgehead atoms. The van der Waals surface area contributed by atoms with Crippen molar-refractivity contribution in [3.63, 3.8) is 0 Å². The van der Waals surface area contributed by atoms with Crippen molar-refractivity contribution in [1.82, 2.24) is 0 Å². The molecule has 2 saturated heterocycles. The van der Waals surface area contributed by atoms with Crippen molar-refractivity contribution in [2.75, 3.05) is 9.80 Å². The van der Waals surface area contributed by atoms with E-state index in [1.807, 2.05) is 0 Å². The molecule has 4 atom stereocenters. The van der Waals surface area contributed by atoms with Crippen LogP contribution in [0.5, 0.6) is 0 Å². The fraction of sp³-hybridized carbons (Fsp3) is 0.160. The predicted octanol–water partition coefficient (Wildman–Crippen LogP) is 15.3. The largest absolute Gasteiger partial charge is 0.366 e. The number of nitrogens with zero attached hydrogens (tertiary/aromatic N) is 2. The van der Waals surface area contributed by atoms with Gasteiger partial charge < -0.3 is 19.3 Å². The molecule has 7 aromatic rings. The standard InChI is InChI=1S/C50H38Br2N2O2/c51-35-12-16-37(17-13-35)53(39-6-1-4-31(26-39)33-10-20-43-45(28-33)49-24-22-47(43)55-49)41-8-3-9-42(30-41)54(38-18-14-36(52)15-19-38)40-7-2-5-32(27-40)34-11-21-44-46(29-34)50-25-23-48(44)56-50/h1-21,26-30,47-50H,22-25H2. The zero-order valence-corrected chi connectivity index (χ0v) is 33.8. The van der Waals surface area contributed by atoms with E-state index in [2.05, 4.69) is 199 Å². The Kier molecular flexibility index (Phi) is 8.50.